The zero-order valence-electron chi connectivity index (χ0n) is 24.9. The summed E-state index contributed by atoms with van der Waals surface area (Å²) >= 11 is 12.9. The lowest BCUT2D eigenvalue weighted by Crippen LogP contribution is -2.51. The lowest BCUT2D eigenvalue weighted by molar-refractivity contribution is -0.139. The first-order valence-corrected chi connectivity index (χ1v) is 16.0. The highest BCUT2D eigenvalue weighted by molar-refractivity contribution is 7.92. The minimum atomic E-state index is -4.31. The third kappa shape index (κ3) is 8.34. The van der Waals surface area contributed by atoms with Crippen LogP contribution in [-0.4, -0.2) is 58.5 Å². The Morgan fingerprint density at radius 3 is 2.21 bits per heavy atom. The standard InChI is InChI=1S/C31H37Cl2N3O6S/c1-6-7-17-34-31(38)22(3)35(19-25-26(32)9-8-10-27(25)33)30(37)20-36(28-18-23(41-4)13-16-29(28)42-5)43(39,40)24-14-11-21(2)12-15-24/h8-16,18,22H,6-7,17,19-20H2,1-5H3,(H,34,38). The summed E-state index contributed by atoms with van der Waals surface area (Å²) in [7, 11) is -1.46. The van der Waals surface area contributed by atoms with Crippen LogP contribution >= 0.6 is 23.2 Å². The molecule has 232 valence electrons. The molecule has 0 bridgehead atoms. The van der Waals surface area contributed by atoms with Gasteiger partial charge in [-0.05, 0) is 56.7 Å². The minimum absolute atomic E-state index is 0.0261. The summed E-state index contributed by atoms with van der Waals surface area (Å²) in [6.07, 6.45) is 1.64. The molecule has 1 atom stereocenters. The molecule has 0 spiro atoms. The molecule has 0 radical (unpaired) electrons. The van der Waals surface area contributed by atoms with Crippen LogP contribution in [0.25, 0.3) is 0 Å². The quantitative estimate of drug-likeness (QED) is 0.220. The molecule has 0 fully saturated rings. The molecule has 12 heteroatoms. The molecular weight excluding hydrogens is 613 g/mol. The van der Waals surface area contributed by atoms with Crippen molar-refractivity contribution in [2.75, 3.05) is 31.6 Å². The van der Waals surface area contributed by atoms with Crippen LogP contribution in [0, 0.1) is 6.92 Å². The van der Waals surface area contributed by atoms with E-state index in [0.717, 1.165) is 22.7 Å². The lowest BCUT2D eigenvalue weighted by Gasteiger charge is -2.32. The van der Waals surface area contributed by atoms with Crippen LogP contribution in [0.1, 0.15) is 37.8 Å². The van der Waals surface area contributed by atoms with Gasteiger partial charge in [-0.2, -0.15) is 0 Å². The van der Waals surface area contributed by atoms with Gasteiger partial charge in [-0.15, -0.1) is 0 Å². The maximum atomic E-state index is 14.2. The molecule has 0 saturated carbocycles. The second-order valence-electron chi connectivity index (χ2n) is 9.90. The highest BCUT2D eigenvalue weighted by Gasteiger charge is 2.34. The highest BCUT2D eigenvalue weighted by Crippen LogP contribution is 2.36. The van der Waals surface area contributed by atoms with Crippen LogP contribution in [0.15, 0.2) is 65.6 Å². The summed E-state index contributed by atoms with van der Waals surface area (Å²) in [6.45, 7) is 5.06. The molecule has 0 aliphatic rings. The molecule has 0 saturated heterocycles. The minimum Gasteiger partial charge on any atom is -0.497 e. The van der Waals surface area contributed by atoms with Gasteiger partial charge < -0.3 is 19.7 Å². The van der Waals surface area contributed by atoms with Crippen molar-refractivity contribution in [3.8, 4) is 11.5 Å². The first-order valence-electron chi connectivity index (χ1n) is 13.8. The zero-order valence-corrected chi connectivity index (χ0v) is 27.2. The average molecular weight is 651 g/mol. The van der Waals surface area contributed by atoms with Crippen molar-refractivity contribution in [3.63, 3.8) is 0 Å². The normalized spacial score (nSPS) is 11.9. The number of aryl methyl sites for hydroxylation is 1. The predicted molar refractivity (Wildman–Crippen MR) is 170 cm³/mol. The molecule has 0 aliphatic carbocycles. The van der Waals surface area contributed by atoms with Crippen LogP contribution in [0.3, 0.4) is 0 Å². The number of carbonyl (C=O) groups is 2. The lowest BCUT2D eigenvalue weighted by atomic mass is 10.1. The summed E-state index contributed by atoms with van der Waals surface area (Å²) in [4.78, 5) is 28.6. The first-order chi connectivity index (χ1) is 20.4. The number of hydrogen-bond donors (Lipinski definition) is 1. The largest absolute Gasteiger partial charge is 0.497 e. The van der Waals surface area contributed by atoms with Gasteiger partial charge in [-0.3, -0.25) is 13.9 Å². The number of amides is 2. The fraction of sp³-hybridized carbons (Fsp3) is 0.355. The molecule has 3 aromatic carbocycles. The molecule has 0 aliphatic heterocycles. The van der Waals surface area contributed by atoms with E-state index in [1.165, 1.54) is 37.3 Å². The summed E-state index contributed by atoms with van der Waals surface area (Å²) in [5, 5.41) is 3.46. The van der Waals surface area contributed by atoms with Crippen molar-refractivity contribution in [1.29, 1.82) is 0 Å². The zero-order chi connectivity index (χ0) is 31.7. The van der Waals surface area contributed by atoms with E-state index in [4.69, 9.17) is 32.7 Å². The fourth-order valence-electron chi connectivity index (χ4n) is 4.31. The van der Waals surface area contributed by atoms with Gasteiger partial charge in [0.2, 0.25) is 11.8 Å². The van der Waals surface area contributed by atoms with Gasteiger partial charge in [-0.1, -0.05) is 60.3 Å². The Hall–Kier alpha value is -3.47. The fourth-order valence-corrected chi connectivity index (χ4v) is 6.25. The SMILES string of the molecule is CCCCNC(=O)C(C)N(Cc1c(Cl)cccc1Cl)C(=O)CN(c1cc(OC)ccc1OC)S(=O)(=O)c1ccc(C)cc1. The Morgan fingerprint density at radius 1 is 0.977 bits per heavy atom. The number of methoxy groups -OCH3 is 2. The van der Waals surface area contributed by atoms with E-state index in [9.17, 15) is 18.0 Å². The number of nitrogens with one attached hydrogen (secondary N) is 1. The molecule has 0 heterocycles. The van der Waals surface area contributed by atoms with E-state index in [0.29, 0.717) is 27.9 Å². The maximum Gasteiger partial charge on any atom is 0.264 e. The Labute approximate surface area is 263 Å². The number of hydrogen-bond acceptors (Lipinski definition) is 6. The molecule has 1 unspecified atom stereocenters. The van der Waals surface area contributed by atoms with E-state index >= 15 is 0 Å². The van der Waals surface area contributed by atoms with Crippen molar-refractivity contribution in [3.05, 3.63) is 81.8 Å². The van der Waals surface area contributed by atoms with Gasteiger partial charge in [-0.25, -0.2) is 8.42 Å². The van der Waals surface area contributed by atoms with Crippen molar-refractivity contribution in [2.45, 2.75) is 51.1 Å². The Kier molecular flexibility index (Phi) is 12.1. The molecule has 3 aromatic rings. The summed E-state index contributed by atoms with van der Waals surface area (Å²) in [6, 6.07) is 14.9. The molecule has 1 N–H and O–H groups in total. The number of carbonyl (C=O) groups excluding carboxylic acids is 2. The third-order valence-corrected chi connectivity index (χ3v) is 9.41. The van der Waals surface area contributed by atoms with Gasteiger partial charge in [0.15, 0.2) is 0 Å². The summed E-state index contributed by atoms with van der Waals surface area (Å²) < 4.78 is 40.1. The van der Waals surface area contributed by atoms with Gasteiger partial charge in [0.05, 0.1) is 24.8 Å². The van der Waals surface area contributed by atoms with Crippen LogP contribution in [-0.2, 0) is 26.2 Å². The van der Waals surface area contributed by atoms with Crippen molar-refractivity contribution in [2.24, 2.45) is 0 Å². The number of anilines is 1. The monoisotopic (exact) mass is 649 g/mol. The van der Waals surface area contributed by atoms with Gasteiger partial charge in [0, 0.05) is 34.8 Å². The number of sulfonamides is 1. The van der Waals surface area contributed by atoms with E-state index in [-0.39, 0.29) is 22.9 Å². The topological polar surface area (TPSA) is 105 Å². The van der Waals surface area contributed by atoms with Crippen molar-refractivity contribution >= 4 is 50.7 Å². The van der Waals surface area contributed by atoms with Crippen LogP contribution in [0.5, 0.6) is 11.5 Å². The third-order valence-electron chi connectivity index (χ3n) is 6.93. The first kappa shape index (κ1) is 34.0. The highest BCUT2D eigenvalue weighted by atomic mass is 35.5. The Bertz CT molecular complexity index is 1510. The Morgan fingerprint density at radius 2 is 1.63 bits per heavy atom. The van der Waals surface area contributed by atoms with Gasteiger partial charge >= 0.3 is 0 Å². The van der Waals surface area contributed by atoms with Crippen LogP contribution in [0.2, 0.25) is 10.0 Å². The van der Waals surface area contributed by atoms with Gasteiger partial charge in [0.25, 0.3) is 10.0 Å². The predicted octanol–water partition coefficient (Wildman–Crippen LogP) is 5.85. The number of benzene rings is 3. The van der Waals surface area contributed by atoms with Gasteiger partial charge in [0.1, 0.15) is 24.1 Å². The number of rotatable bonds is 14. The number of halogens is 2. The van der Waals surface area contributed by atoms with Crippen molar-refractivity contribution < 1.29 is 27.5 Å². The molecule has 3 rings (SSSR count). The van der Waals surface area contributed by atoms with Crippen LogP contribution < -0.4 is 19.1 Å². The number of ether oxygens (including phenoxy) is 2. The average Bonchev–Trinajstić information content (AvgIpc) is 2.99. The van der Waals surface area contributed by atoms with E-state index in [1.807, 2.05) is 13.8 Å². The molecule has 2 amide bonds. The second-order valence-corrected chi connectivity index (χ2v) is 12.6. The maximum absolute atomic E-state index is 14.2. The van der Waals surface area contributed by atoms with E-state index < -0.39 is 34.4 Å². The van der Waals surface area contributed by atoms with Crippen LogP contribution in [0.4, 0.5) is 5.69 Å². The molecular formula is C31H37Cl2N3O6S. The van der Waals surface area contributed by atoms with Crippen molar-refractivity contribution in [1.82, 2.24) is 10.2 Å². The van der Waals surface area contributed by atoms with E-state index in [1.54, 1.807) is 49.4 Å². The summed E-state index contributed by atoms with van der Waals surface area (Å²) in [5.41, 5.74) is 1.39. The number of nitrogens with zero attached hydrogens (tertiary/aromatic N) is 2. The smallest absolute Gasteiger partial charge is 0.264 e. The molecule has 0 aromatic heterocycles. The molecule has 43 heavy (non-hydrogen) atoms. The second kappa shape index (κ2) is 15.3. The molecule has 9 nitrogen and oxygen atoms in total. The number of unbranched alkanes of at least 4 members (excludes halogenated alkanes) is 1. The Balaban J connectivity index is 2.13. The summed E-state index contributed by atoms with van der Waals surface area (Å²) in [5.74, 6) is -0.488. The van der Waals surface area contributed by atoms with E-state index in [2.05, 4.69) is 5.32 Å².